The van der Waals surface area contributed by atoms with E-state index in [2.05, 4.69) is 15.9 Å². The predicted octanol–water partition coefficient (Wildman–Crippen LogP) is 0.666. The monoisotopic (exact) mass is 292 g/mol. The lowest BCUT2D eigenvalue weighted by Gasteiger charge is -2.13. The molecule has 0 aliphatic carbocycles. The third kappa shape index (κ3) is 1.86. The van der Waals surface area contributed by atoms with Gasteiger partial charge in [-0.3, -0.25) is 4.79 Å². The molecule has 0 spiro atoms. The van der Waals surface area contributed by atoms with Crippen molar-refractivity contribution < 1.29 is 13.2 Å². The van der Waals surface area contributed by atoms with E-state index >= 15 is 0 Å². The van der Waals surface area contributed by atoms with Crippen LogP contribution in [0.5, 0.6) is 0 Å². The number of rotatable bonds is 0. The van der Waals surface area contributed by atoms with Crippen LogP contribution in [0.4, 0.5) is 0 Å². The molecule has 0 unspecified atom stereocenters. The van der Waals surface area contributed by atoms with E-state index in [1.165, 1.54) is 11.4 Å². The quantitative estimate of drug-likeness (QED) is 0.706. The first-order chi connectivity index (χ1) is 6.90. The maximum Gasteiger partial charge on any atom is 0.222 e. The van der Waals surface area contributed by atoms with Gasteiger partial charge in [-0.25, -0.2) is 8.42 Å². The molecule has 0 atom stereocenters. The number of nitrogens with zero attached hydrogens (tertiary/aromatic N) is 2. The van der Waals surface area contributed by atoms with Crippen molar-refractivity contribution in [2.75, 3.05) is 12.8 Å². The average molecular weight is 293 g/mol. The molecule has 82 valence electrons. The van der Waals surface area contributed by atoms with E-state index in [-0.39, 0.29) is 12.5 Å². The molecule has 0 amide bonds. The van der Waals surface area contributed by atoms with Gasteiger partial charge in [-0.1, -0.05) is 0 Å². The van der Waals surface area contributed by atoms with Crippen LogP contribution < -0.4 is 0 Å². The zero-order valence-electron chi connectivity index (χ0n) is 7.97. The summed E-state index contributed by atoms with van der Waals surface area (Å²) in [4.78, 5) is 11.6. The number of carbonyl (C=O) groups is 1. The number of fused-ring (bicyclic) bond motifs is 1. The largest absolute Gasteiger partial charge is 0.329 e. The Kier molecular flexibility index (Phi) is 2.48. The summed E-state index contributed by atoms with van der Waals surface area (Å²) in [6, 6.07) is 1.64. The molecule has 2 heterocycles. The SMILES string of the molecule is CN1Cn2cc(Br)cc2C(=O)CS1(=O)=O. The smallest absolute Gasteiger partial charge is 0.222 e. The highest BCUT2D eigenvalue weighted by Gasteiger charge is 2.29. The van der Waals surface area contributed by atoms with Crippen LogP contribution in [-0.2, 0) is 16.7 Å². The van der Waals surface area contributed by atoms with Gasteiger partial charge in [-0.05, 0) is 22.0 Å². The molecular weight excluding hydrogens is 284 g/mol. The minimum atomic E-state index is -3.45. The van der Waals surface area contributed by atoms with Gasteiger partial charge in [0.25, 0.3) is 0 Å². The fourth-order valence-corrected chi connectivity index (χ4v) is 2.94. The summed E-state index contributed by atoms with van der Waals surface area (Å²) in [5.41, 5.74) is 0.426. The van der Waals surface area contributed by atoms with E-state index in [1.807, 2.05) is 0 Å². The van der Waals surface area contributed by atoms with Gasteiger partial charge in [0.1, 0.15) is 5.75 Å². The maximum atomic E-state index is 11.6. The Labute approximate surface area is 95.9 Å². The van der Waals surface area contributed by atoms with Crippen molar-refractivity contribution in [3.05, 3.63) is 22.4 Å². The van der Waals surface area contributed by atoms with Gasteiger partial charge in [0.2, 0.25) is 10.0 Å². The fraction of sp³-hybridized carbons (Fsp3) is 0.375. The van der Waals surface area contributed by atoms with Crippen molar-refractivity contribution >= 4 is 31.7 Å². The molecule has 0 N–H and O–H groups in total. The van der Waals surface area contributed by atoms with E-state index in [0.717, 1.165) is 4.47 Å². The first kappa shape index (κ1) is 10.8. The summed E-state index contributed by atoms with van der Waals surface area (Å²) in [7, 11) is -1.99. The lowest BCUT2D eigenvalue weighted by molar-refractivity contribution is 0.101. The molecule has 0 radical (unpaired) electrons. The molecular formula is C8H9BrN2O3S. The number of sulfonamides is 1. The normalized spacial score (nSPS) is 21.1. The zero-order valence-corrected chi connectivity index (χ0v) is 10.4. The number of hydrogen-bond acceptors (Lipinski definition) is 3. The van der Waals surface area contributed by atoms with Crippen LogP contribution >= 0.6 is 15.9 Å². The van der Waals surface area contributed by atoms with Crippen molar-refractivity contribution in [3.8, 4) is 0 Å². The number of hydrogen-bond donors (Lipinski definition) is 0. The molecule has 15 heavy (non-hydrogen) atoms. The van der Waals surface area contributed by atoms with Gasteiger partial charge in [0.15, 0.2) is 5.78 Å². The number of ketones is 1. The Hall–Kier alpha value is -0.660. The predicted molar refractivity (Wildman–Crippen MR) is 58.0 cm³/mol. The number of Topliss-reactive ketones (excluding diaryl/α,β-unsaturated/α-hetero) is 1. The molecule has 5 nitrogen and oxygen atoms in total. The van der Waals surface area contributed by atoms with Crippen LogP contribution in [0.3, 0.4) is 0 Å². The zero-order chi connectivity index (χ0) is 11.2. The molecule has 1 aliphatic rings. The molecule has 0 saturated carbocycles. The van der Waals surface area contributed by atoms with E-state index in [4.69, 9.17) is 0 Å². The summed E-state index contributed by atoms with van der Waals surface area (Å²) < 4.78 is 26.7. The highest BCUT2D eigenvalue weighted by Crippen LogP contribution is 2.20. The van der Waals surface area contributed by atoms with Crippen molar-refractivity contribution in [1.82, 2.24) is 8.87 Å². The third-order valence-corrected chi connectivity index (χ3v) is 4.41. The summed E-state index contributed by atoms with van der Waals surface area (Å²) in [5, 5.41) is 0. The fourth-order valence-electron chi connectivity index (χ4n) is 1.48. The van der Waals surface area contributed by atoms with Crippen molar-refractivity contribution in [2.24, 2.45) is 0 Å². The van der Waals surface area contributed by atoms with Gasteiger partial charge >= 0.3 is 0 Å². The first-order valence-electron chi connectivity index (χ1n) is 4.23. The Morgan fingerprint density at radius 2 is 2.13 bits per heavy atom. The second-order valence-electron chi connectivity index (χ2n) is 3.43. The second-order valence-corrected chi connectivity index (χ2v) is 6.42. The Morgan fingerprint density at radius 1 is 1.47 bits per heavy atom. The minimum absolute atomic E-state index is 0.176. The van der Waals surface area contributed by atoms with Crippen molar-refractivity contribution in [2.45, 2.75) is 6.67 Å². The molecule has 1 aromatic rings. The summed E-state index contributed by atoms with van der Waals surface area (Å²) >= 11 is 3.25. The lowest BCUT2D eigenvalue weighted by Crippen LogP contribution is -2.29. The van der Waals surface area contributed by atoms with Crippen LogP contribution in [0.25, 0.3) is 0 Å². The van der Waals surface area contributed by atoms with E-state index in [1.54, 1.807) is 16.8 Å². The van der Waals surface area contributed by atoms with Crippen LogP contribution in [0, 0.1) is 0 Å². The van der Waals surface area contributed by atoms with Gasteiger partial charge in [-0.15, -0.1) is 0 Å². The minimum Gasteiger partial charge on any atom is -0.329 e. The van der Waals surface area contributed by atoms with Crippen LogP contribution in [0.15, 0.2) is 16.7 Å². The first-order valence-corrected chi connectivity index (χ1v) is 6.63. The topological polar surface area (TPSA) is 59.4 Å². The average Bonchev–Trinajstić information content (AvgIpc) is 2.42. The van der Waals surface area contributed by atoms with Gasteiger partial charge < -0.3 is 4.57 Å². The van der Waals surface area contributed by atoms with Crippen LogP contribution in [0.2, 0.25) is 0 Å². The second kappa shape index (κ2) is 3.43. The molecule has 0 saturated heterocycles. The Morgan fingerprint density at radius 3 is 2.80 bits per heavy atom. The van der Waals surface area contributed by atoms with Crippen LogP contribution in [0.1, 0.15) is 10.5 Å². The van der Waals surface area contributed by atoms with E-state index in [0.29, 0.717) is 5.69 Å². The van der Waals surface area contributed by atoms with Crippen LogP contribution in [-0.4, -0.2) is 35.9 Å². The molecule has 0 bridgehead atoms. The summed E-state index contributed by atoms with van der Waals surface area (Å²) in [6.07, 6.45) is 1.70. The highest BCUT2D eigenvalue weighted by molar-refractivity contribution is 9.10. The summed E-state index contributed by atoms with van der Waals surface area (Å²) in [6.45, 7) is 0.176. The number of halogens is 1. The standard InChI is InChI=1S/C8H9BrN2O3S/c1-10-5-11-3-6(9)2-7(11)8(12)4-15(10,13)14/h2-3H,4-5H2,1H3. The molecule has 0 aromatic carbocycles. The van der Waals surface area contributed by atoms with E-state index < -0.39 is 15.8 Å². The van der Waals surface area contributed by atoms with Gasteiger partial charge in [0, 0.05) is 17.7 Å². The van der Waals surface area contributed by atoms with Crippen molar-refractivity contribution in [3.63, 3.8) is 0 Å². The van der Waals surface area contributed by atoms with E-state index in [9.17, 15) is 13.2 Å². The third-order valence-electron chi connectivity index (χ3n) is 2.29. The highest BCUT2D eigenvalue weighted by atomic mass is 79.9. The maximum absolute atomic E-state index is 11.6. The van der Waals surface area contributed by atoms with Gasteiger partial charge in [0.05, 0.1) is 12.4 Å². The molecule has 1 aromatic heterocycles. The Balaban J connectivity index is 2.54. The Bertz CT molecular complexity index is 520. The number of carbonyl (C=O) groups excluding carboxylic acids is 1. The molecule has 7 heteroatoms. The number of aromatic nitrogens is 1. The van der Waals surface area contributed by atoms with Gasteiger partial charge in [-0.2, -0.15) is 4.31 Å². The molecule has 1 aliphatic heterocycles. The summed E-state index contributed by atoms with van der Waals surface area (Å²) in [5.74, 6) is -0.829. The van der Waals surface area contributed by atoms with Crippen molar-refractivity contribution in [1.29, 1.82) is 0 Å². The molecule has 2 rings (SSSR count). The lowest BCUT2D eigenvalue weighted by atomic mass is 10.3. The molecule has 0 fully saturated rings.